The van der Waals surface area contributed by atoms with Gasteiger partial charge in [-0.05, 0) is 31.4 Å². The van der Waals surface area contributed by atoms with Gasteiger partial charge in [0.1, 0.15) is 0 Å². The van der Waals surface area contributed by atoms with Crippen molar-refractivity contribution in [1.82, 2.24) is 9.62 Å². The van der Waals surface area contributed by atoms with Gasteiger partial charge in [0.05, 0.1) is 18.1 Å². The second kappa shape index (κ2) is 9.12. The molecule has 0 amide bonds. The molecule has 0 aromatic heterocycles. The molecule has 1 atom stereocenters. The molecule has 1 aromatic rings. The number of morpholine rings is 1. The minimum atomic E-state index is -3.50. The highest BCUT2D eigenvalue weighted by Gasteiger charge is 2.28. The van der Waals surface area contributed by atoms with Gasteiger partial charge in [0.25, 0.3) is 0 Å². The maximum absolute atomic E-state index is 12.8. The van der Waals surface area contributed by atoms with E-state index in [0.717, 1.165) is 50.3 Å². The van der Waals surface area contributed by atoms with Crippen molar-refractivity contribution in [1.29, 1.82) is 0 Å². The number of benzene rings is 1. The van der Waals surface area contributed by atoms with Gasteiger partial charge in [0.2, 0.25) is 10.0 Å². The van der Waals surface area contributed by atoms with E-state index < -0.39 is 10.0 Å². The quantitative estimate of drug-likeness (QED) is 0.766. The summed E-state index contributed by atoms with van der Waals surface area (Å²) in [4.78, 5) is 2.76. The molecule has 1 N–H and O–H groups in total. The Morgan fingerprint density at radius 2 is 1.80 bits per heavy atom. The number of nitrogens with zero attached hydrogens (tertiary/aromatic N) is 1. The van der Waals surface area contributed by atoms with E-state index in [0.29, 0.717) is 17.4 Å². The van der Waals surface area contributed by atoms with Crippen molar-refractivity contribution in [3.63, 3.8) is 0 Å². The van der Waals surface area contributed by atoms with E-state index in [2.05, 4.69) is 23.5 Å². The van der Waals surface area contributed by atoms with Crippen LogP contribution < -0.4 is 4.72 Å². The molecule has 1 fully saturated rings. The van der Waals surface area contributed by atoms with Gasteiger partial charge in [0, 0.05) is 25.7 Å². The Morgan fingerprint density at radius 3 is 2.36 bits per heavy atom. The molecular weight excluding hydrogens is 336 g/mol. The fourth-order valence-electron chi connectivity index (χ4n) is 3.71. The first kappa shape index (κ1) is 20.4. The molecule has 1 unspecified atom stereocenters. The van der Waals surface area contributed by atoms with Crippen LogP contribution in [0.1, 0.15) is 37.8 Å². The van der Waals surface area contributed by atoms with Crippen LogP contribution in [0.4, 0.5) is 0 Å². The van der Waals surface area contributed by atoms with Gasteiger partial charge in [-0.2, -0.15) is 0 Å². The molecule has 6 heteroatoms. The van der Waals surface area contributed by atoms with E-state index in [4.69, 9.17) is 4.74 Å². The standard InChI is InChI=1S/C19H32N2O3S/c1-5-17(6-2)18(21-9-11-24-12-10-21)14-20-25(22,23)19-8-7-15(3)13-16(19)4/h7-8,13,17-18,20H,5-6,9-12,14H2,1-4H3. The highest BCUT2D eigenvalue weighted by atomic mass is 32.2. The molecule has 0 radical (unpaired) electrons. The fraction of sp³-hybridized carbons (Fsp3) is 0.684. The third-order valence-electron chi connectivity index (χ3n) is 5.21. The Bertz CT molecular complexity index is 651. The molecule has 1 aliphatic rings. The van der Waals surface area contributed by atoms with Crippen molar-refractivity contribution in [2.45, 2.75) is 51.5 Å². The van der Waals surface area contributed by atoms with Crippen molar-refractivity contribution < 1.29 is 13.2 Å². The lowest BCUT2D eigenvalue weighted by Gasteiger charge is -2.38. The number of hydrogen-bond acceptors (Lipinski definition) is 4. The van der Waals surface area contributed by atoms with Crippen LogP contribution in [0, 0.1) is 19.8 Å². The lowest BCUT2D eigenvalue weighted by molar-refractivity contribution is 0.00297. The summed E-state index contributed by atoms with van der Waals surface area (Å²) in [5.74, 6) is 0.472. The summed E-state index contributed by atoms with van der Waals surface area (Å²) in [6.45, 7) is 11.8. The summed E-state index contributed by atoms with van der Waals surface area (Å²) in [5, 5.41) is 0. The molecule has 2 rings (SSSR count). The summed E-state index contributed by atoms with van der Waals surface area (Å²) in [6.07, 6.45) is 2.09. The predicted molar refractivity (Wildman–Crippen MR) is 101 cm³/mol. The van der Waals surface area contributed by atoms with Crippen LogP contribution in [0.2, 0.25) is 0 Å². The van der Waals surface area contributed by atoms with Crippen LogP contribution in [0.25, 0.3) is 0 Å². The second-order valence-corrected chi connectivity index (χ2v) is 8.65. The van der Waals surface area contributed by atoms with Crippen molar-refractivity contribution in [3.8, 4) is 0 Å². The van der Waals surface area contributed by atoms with Crippen LogP contribution in [-0.4, -0.2) is 52.2 Å². The first-order valence-corrected chi connectivity index (χ1v) is 10.8. The first-order valence-electron chi connectivity index (χ1n) is 9.27. The molecule has 0 spiro atoms. The fourth-order valence-corrected chi connectivity index (χ4v) is 4.99. The monoisotopic (exact) mass is 368 g/mol. The number of sulfonamides is 1. The lowest BCUT2D eigenvalue weighted by atomic mass is 9.92. The van der Waals surface area contributed by atoms with Gasteiger partial charge in [0.15, 0.2) is 0 Å². The van der Waals surface area contributed by atoms with E-state index in [-0.39, 0.29) is 6.04 Å². The molecule has 1 heterocycles. The molecule has 5 nitrogen and oxygen atoms in total. The highest BCUT2D eigenvalue weighted by molar-refractivity contribution is 7.89. The van der Waals surface area contributed by atoms with Crippen LogP contribution >= 0.6 is 0 Å². The summed E-state index contributed by atoms with van der Waals surface area (Å²) in [5.41, 5.74) is 1.86. The minimum Gasteiger partial charge on any atom is -0.379 e. The highest BCUT2D eigenvalue weighted by Crippen LogP contribution is 2.21. The molecular formula is C19H32N2O3S. The number of rotatable bonds is 8. The zero-order chi connectivity index (χ0) is 18.4. The average molecular weight is 369 g/mol. The van der Waals surface area contributed by atoms with Gasteiger partial charge >= 0.3 is 0 Å². The van der Waals surface area contributed by atoms with Crippen molar-refractivity contribution in [2.75, 3.05) is 32.8 Å². The zero-order valence-electron chi connectivity index (χ0n) is 15.9. The van der Waals surface area contributed by atoms with E-state index in [9.17, 15) is 8.42 Å². The van der Waals surface area contributed by atoms with Gasteiger partial charge in [-0.1, -0.05) is 44.4 Å². The first-order chi connectivity index (χ1) is 11.9. The maximum atomic E-state index is 12.8. The van der Waals surface area contributed by atoms with Gasteiger partial charge in [-0.3, -0.25) is 4.90 Å². The largest absolute Gasteiger partial charge is 0.379 e. The molecule has 25 heavy (non-hydrogen) atoms. The summed E-state index contributed by atoms with van der Waals surface area (Å²) in [7, 11) is -3.50. The average Bonchev–Trinajstić information content (AvgIpc) is 2.59. The number of ether oxygens (including phenoxy) is 1. The summed E-state index contributed by atoms with van der Waals surface area (Å²) in [6, 6.07) is 5.67. The van der Waals surface area contributed by atoms with Gasteiger partial charge in [-0.25, -0.2) is 13.1 Å². The van der Waals surface area contributed by atoms with Crippen LogP contribution in [-0.2, 0) is 14.8 Å². The smallest absolute Gasteiger partial charge is 0.240 e. The molecule has 142 valence electrons. The summed E-state index contributed by atoms with van der Waals surface area (Å²) >= 11 is 0. The lowest BCUT2D eigenvalue weighted by Crippen LogP contribution is -2.52. The van der Waals surface area contributed by atoms with Gasteiger partial charge < -0.3 is 4.74 Å². The van der Waals surface area contributed by atoms with E-state index in [1.54, 1.807) is 6.07 Å². The van der Waals surface area contributed by atoms with E-state index >= 15 is 0 Å². The minimum absolute atomic E-state index is 0.208. The number of aryl methyl sites for hydroxylation is 2. The zero-order valence-corrected chi connectivity index (χ0v) is 16.7. The Balaban J connectivity index is 2.15. The van der Waals surface area contributed by atoms with E-state index in [1.165, 1.54) is 0 Å². The maximum Gasteiger partial charge on any atom is 0.240 e. The third kappa shape index (κ3) is 5.26. The molecule has 0 saturated carbocycles. The molecule has 1 saturated heterocycles. The number of nitrogens with one attached hydrogen (secondary N) is 1. The SMILES string of the molecule is CCC(CC)C(CNS(=O)(=O)c1ccc(C)cc1C)N1CCOCC1. The Morgan fingerprint density at radius 1 is 1.16 bits per heavy atom. The normalized spacial score (nSPS) is 17.8. The Labute approximate surface area is 152 Å². The Hall–Kier alpha value is -0.950. The topological polar surface area (TPSA) is 58.6 Å². The van der Waals surface area contributed by atoms with Crippen LogP contribution in [0.15, 0.2) is 23.1 Å². The van der Waals surface area contributed by atoms with Crippen molar-refractivity contribution in [2.24, 2.45) is 5.92 Å². The number of hydrogen-bond donors (Lipinski definition) is 1. The Kier molecular flexibility index (Phi) is 7.43. The molecule has 1 aromatic carbocycles. The van der Waals surface area contributed by atoms with Gasteiger partial charge in [-0.15, -0.1) is 0 Å². The van der Waals surface area contributed by atoms with Crippen molar-refractivity contribution >= 4 is 10.0 Å². The third-order valence-corrected chi connectivity index (χ3v) is 6.79. The van der Waals surface area contributed by atoms with Crippen LogP contribution in [0.3, 0.4) is 0 Å². The van der Waals surface area contributed by atoms with Crippen molar-refractivity contribution in [3.05, 3.63) is 29.3 Å². The van der Waals surface area contributed by atoms with E-state index in [1.807, 2.05) is 26.0 Å². The second-order valence-electron chi connectivity index (χ2n) is 6.91. The molecule has 0 aliphatic carbocycles. The molecule has 0 bridgehead atoms. The van der Waals surface area contributed by atoms with Crippen LogP contribution in [0.5, 0.6) is 0 Å². The summed E-state index contributed by atoms with van der Waals surface area (Å²) < 4.78 is 33.9. The molecule has 1 aliphatic heterocycles. The predicted octanol–water partition coefficient (Wildman–Crippen LogP) is 2.72.